The summed E-state index contributed by atoms with van der Waals surface area (Å²) in [6, 6.07) is 16.3. The molecule has 0 atom stereocenters. The van der Waals surface area contributed by atoms with Crippen molar-refractivity contribution in [2.24, 2.45) is 0 Å². The van der Waals surface area contributed by atoms with Crippen LogP contribution in [-0.2, 0) is 4.79 Å². The van der Waals surface area contributed by atoms with E-state index in [-0.39, 0.29) is 5.91 Å². The van der Waals surface area contributed by atoms with Gasteiger partial charge in [-0.25, -0.2) is 0 Å². The number of anilines is 2. The Bertz CT molecular complexity index is 681. The standard InChI is InChI=1S/C19H22N2OS/c1-15-8-2-5-11-18(15)23-14-19(22)20-16-9-3-4-10-17(16)21-12-6-7-13-21/h2-5,8-11H,6-7,12-14H2,1H3,(H,20,22). The lowest BCUT2D eigenvalue weighted by molar-refractivity contribution is -0.113. The molecular weight excluding hydrogens is 304 g/mol. The second-order valence-corrected chi connectivity index (χ2v) is 6.83. The van der Waals surface area contributed by atoms with Crippen LogP contribution in [0.5, 0.6) is 0 Å². The van der Waals surface area contributed by atoms with Crippen LogP contribution in [0.1, 0.15) is 18.4 Å². The highest BCUT2D eigenvalue weighted by molar-refractivity contribution is 8.00. The highest BCUT2D eigenvalue weighted by Crippen LogP contribution is 2.29. The van der Waals surface area contributed by atoms with Crippen LogP contribution in [0.25, 0.3) is 0 Å². The molecular formula is C19H22N2OS. The van der Waals surface area contributed by atoms with E-state index in [0.29, 0.717) is 5.75 Å². The Morgan fingerprint density at radius 2 is 1.78 bits per heavy atom. The van der Waals surface area contributed by atoms with Crippen molar-refractivity contribution >= 4 is 29.0 Å². The minimum absolute atomic E-state index is 0.0462. The van der Waals surface area contributed by atoms with E-state index < -0.39 is 0 Å². The van der Waals surface area contributed by atoms with E-state index in [4.69, 9.17) is 0 Å². The maximum absolute atomic E-state index is 12.3. The van der Waals surface area contributed by atoms with Gasteiger partial charge in [-0.3, -0.25) is 4.79 Å². The topological polar surface area (TPSA) is 32.3 Å². The normalized spacial score (nSPS) is 14.0. The van der Waals surface area contributed by atoms with Gasteiger partial charge in [0, 0.05) is 18.0 Å². The highest BCUT2D eigenvalue weighted by atomic mass is 32.2. The molecule has 0 aliphatic carbocycles. The third-order valence-electron chi connectivity index (χ3n) is 4.08. The summed E-state index contributed by atoms with van der Waals surface area (Å²) < 4.78 is 0. The van der Waals surface area contributed by atoms with Gasteiger partial charge < -0.3 is 10.2 Å². The number of amides is 1. The quantitative estimate of drug-likeness (QED) is 0.830. The summed E-state index contributed by atoms with van der Waals surface area (Å²) in [4.78, 5) is 15.8. The van der Waals surface area contributed by atoms with Gasteiger partial charge in [0.2, 0.25) is 5.91 Å². The van der Waals surface area contributed by atoms with Crippen molar-refractivity contribution in [2.75, 3.05) is 29.1 Å². The summed E-state index contributed by atoms with van der Waals surface area (Å²) in [5.41, 5.74) is 3.27. The zero-order valence-electron chi connectivity index (χ0n) is 13.4. The number of thioether (sulfide) groups is 1. The molecule has 0 bridgehead atoms. The predicted octanol–water partition coefficient (Wildman–Crippen LogP) is 4.33. The molecule has 0 aromatic heterocycles. The van der Waals surface area contributed by atoms with Crippen LogP contribution in [0.3, 0.4) is 0 Å². The number of carbonyl (C=O) groups excluding carboxylic acids is 1. The van der Waals surface area contributed by atoms with Gasteiger partial charge in [-0.05, 0) is 43.5 Å². The van der Waals surface area contributed by atoms with Crippen molar-refractivity contribution in [3.8, 4) is 0 Å². The minimum atomic E-state index is 0.0462. The summed E-state index contributed by atoms with van der Waals surface area (Å²) in [6.07, 6.45) is 2.46. The fraction of sp³-hybridized carbons (Fsp3) is 0.316. The van der Waals surface area contributed by atoms with Crippen molar-refractivity contribution in [1.29, 1.82) is 0 Å². The molecule has 2 aromatic rings. The van der Waals surface area contributed by atoms with Gasteiger partial charge in [-0.15, -0.1) is 11.8 Å². The lowest BCUT2D eigenvalue weighted by atomic mass is 10.2. The zero-order chi connectivity index (χ0) is 16.1. The van der Waals surface area contributed by atoms with E-state index in [2.05, 4.69) is 35.3 Å². The Balaban J connectivity index is 1.63. The number of nitrogens with one attached hydrogen (secondary N) is 1. The molecule has 1 amide bonds. The minimum Gasteiger partial charge on any atom is -0.370 e. The molecule has 1 N–H and O–H groups in total. The number of para-hydroxylation sites is 2. The number of hydrogen-bond acceptors (Lipinski definition) is 3. The summed E-state index contributed by atoms with van der Waals surface area (Å²) in [5, 5.41) is 3.08. The van der Waals surface area contributed by atoms with E-state index in [1.165, 1.54) is 18.4 Å². The summed E-state index contributed by atoms with van der Waals surface area (Å²) in [5.74, 6) is 0.476. The molecule has 4 heteroatoms. The third kappa shape index (κ3) is 4.08. The number of aryl methyl sites for hydroxylation is 1. The molecule has 120 valence electrons. The summed E-state index contributed by atoms with van der Waals surface area (Å²) in [7, 11) is 0. The molecule has 23 heavy (non-hydrogen) atoms. The molecule has 0 saturated carbocycles. The molecule has 1 aliphatic rings. The van der Waals surface area contributed by atoms with Crippen LogP contribution >= 0.6 is 11.8 Å². The van der Waals surface area contributed by atoms with Gasteiger partial charge in [-0.2, -0.15) is 0 Å². The van der Waals surface area contributed by atoms with Gasteiger partial charge >= 0.3 is 0 Å². The average Bonchev–Trinajstić information content (AvgIpc) is 3.09. The zero-order valence-corrected chi connectivity index (χ0v) is 14.2. The van der Waals surface area contributed by atoms with Crippen molar-refractivity contribution in [2.45, 2.75) is 24.7 Å². The number of carbonyl (C=O) groups is 1. The molecule has 1 aliphatic heterocycles. The van der Waals surface area contributed by atoms with Crippen molar-refractivity contribution in [3.63, 3.8) is 0 Å². The van der Waals surface area contributed by atoms with E-state index in [1.807, 2.05) is 30.3 Å². The molecule has 3 nitrogen and oxygen atoms in total. The van der Waals surface area contributed by atoms with Crippen LogP contribution in [0.4, 0.5) is 11.4 Å². The van der Waals surface area contributed by atoms with E-state index in [9.17, 15) is 4.79 Å². The highest BCUT2D eigenvalue weighted by Gasteiger charge is 2.16. The summed E-state index contributed by atoms with van der Waals surface area (Å²) >= 11 is 1.59. The Hall–Kier alpha value is -1.94. The average molecular weight is 326 g/mol. The van der Waals surface area contributed by atoms with E-state index in [0.717, 1.165) is 29.4 Å². The van der Waals surface area contributed by atoms with Gasteiger partial charge in [0.05, 0.1) is 17.1 Å². The van der Waals surface area contributed by atoms with E-state index in [1.54, 1.807) is 11.8 Å². The van der Waals surface area contributed by atoms with Crippen LogP contribution in [0, 0.1) is 6.92 Å². The van der Waals surface area contributed by atoms with Gasteiger partial charge in [0.1, 0.15) is 0 Å². The lowest BCUT2D eigenvalue weighted by Gasteiger charge is -2.21. The van der Waals surface area contributed by atoms with Crippen LogP contribution in [0.15, 0.2) is 53.4 Å². The first-order valence-corrected chi connectivity index (χ1v) is 9.05. The van der Waals surface area contributed by atoms with Gasteiger partial charge in [-0.1, -0.05) is 30.3 Å². The number of rotatable bonds is 5. The first-order valence-electron chi connectivity index (χ1n) is 8.06. The number of nitrogens with zero attached hydrogens (tertiary/aromatic N) is 1. The predicted molar refractivity (Wildman–Crippen MR) is 98.4 cm³/mol. The maximum Gasteiger partial charge on any atom is 0.234 e. The van der Waals surface area contributed by atoms with E-state index >= 15 is 0 Å². The fourth-order valence-corrected chi connectivity index (χ4v) is 3.69. The first kappa shape index (κ1) is 15.9. The van der Waals surface area contributed by atoms with Crippen LogP contribution < -0.4 is 10.2 Å². The first-order chi connectivity index (χ1) is 11.2. The van der Waals surface area contributed by atoms with Crippen LogP contribution in [0.2, 0.25) is 0 Å². The molecule has 3 rings (SSSR count). The largest absolute Gasteiger partial charge is 0.370 e. The summed E-state index contributed by atoms with van der Waals surface area (Å²) in [6.45, 7) is 4.22. The van der Waals surface area contributed by atoms with Gasteiger partial charge in [0.25, 0.3) is 0 Å². The molecule has 0 radical (unpaired) electrons. The van der Waals surface area contributed by atoms with Crippen molar-refractivity contribution in [3.05, 3.63) is 54.1 Å². The van der Waals surface area contributed by atoms with Crippen molar-refractivity contribution in [1.82, 2.24) is 0 Å². The molecule has 2 aromatic carbocycles. The second kappa shape index (κ2) is 7.55. The smallest absolute Gasteiger partial charge is 0.234 e. The third-order valence-corrected chi connectivity index (χ3v) is 5.25. The molecule has 1 fully saturated rings. The van der Waals surface area contributed by atoms with Crippen LogP contribution in [-0.4, -0.2) is 24.7 Å². The Kier molecular flexibility index (Phi) is 5.23. The number of hydrogen-bond donors (Lipinski definition) is 1. The molecule has 1 heterocycles. The lowest BCUT2D eigenvalue weighted by Crippen LogP contribution is -2.21. The molecule has 0 spiro atoms. The molecule has 0 unspecified atom stereocenters. The Morgan fingerprint density at radius 1 is 1.09 bits per heavy atom. The monoisotopic (exact) mass is 326 g/mol. The molecule has 1 saturated heterocycles. The Morgan fingerprint density at radius 3 is 2.57 bits per heavy atom. The maximum atomic E-state index is 12.3. The fourth-order valence-electron chi connectivity index (χ4n) is 2.86. The van der Waals surface area contributed by atoms with Crippen molar-refractivity contribution < 1.29 is 4.79 Å². The second-order valence-electron chi connectivity index (χ2n) is 5.81. The number of benzene rings is 2. The Labute approximate surface area is 142 Å². The SMILES string of the molecule is Cc1ccccc1SCC(=O)Nc1ccccc1N1CCCC1. The van der Waals surface area contributed by atoms with Gasteiger partial charge in [0.15, 0.2) is 0 Å².